The van der Waals surface area contributed by atoms with Gasteiger partial charge in [-0.05, 0) is 26.0 Å². The SMILES string of the molecule is Cc1cn2c(/C=C3\Oc4cc(O)ccc4C3=O)c(C)nc2s1. The van der Waals surface area contributed by atoms with Crippen molar-refractivity contribution >= 4 is 28.2 Å². The van der Waals surface area contributed by atoms with Gasteiger partial charge in [-0.2, -0.15) is 0 Å². The van der Waals surface area contributed by atoms with E-state index < -0.39 is 0 Å². The molecule has 22 heavy (non-hydrogen) atoms. The number of phenolic OH excluding ortho intramolecular Hbond substituents is 1. The summed E-state index contributed by atoms with van der Waals surface area (Å²) in [5, 5.41) is 9.49. The maximum atomic E-state index is 12.4. The summed E-state index contributed by atoms with van der Waals surface area (Å²) in [5.74, 6) is 0.519. The van der Waals surface area contributed by atoms with Crippen molar-refractivity contribution < 1.29 is 14.6 Å². The Hall–Kier alpha value is -2.60. The number of aromatic nitrogens is 2. The summed E-state index contributed by atoms with van der Waals surface area (Å²) < 4.78 is 7.56. The number of Topliss-reactive ketones (excluding diaryl/α,β-unsaturated/α-hetero) is 1. The molecule has 0 atom stereocenters. The van der Waals surface area contributed by atoms with E-state index in [4.69, 9.17) is 4.74 Å². The Morgan fingerprint density at radius 2 is 2.18 bits per heavy atom. The molecule has 0 spiro atoms. The number of carbonyl (C=O) groups is 1. The molecule has 0 amide bonds. The van der Waals surface area contributed by atoms with Crippen molar-refractivity contribution in [3.05, 3.63) is 52.0 Å². The molecule has 3 heterocycles. The number of thiazole rings is 1. The molecule has 110 valence electrons. The monoisotopic (exact) mass is 312 g/mol. The van der Waals surface area contributed by atoms with Crippen LogP contribution >= 0.6 is 11.3 Å². The molecule has 1 aromatic carbocycles. The van der Waals surface area contributed by atoms with Crippen molar-refractivity contribution in [2.75, 3.05) is 0 Å². The van der Waals surface area contributed by atoms with Gasteiger partial charge in [0.2, 0.25) is 5.78 Å². The van der Waals surface area contributed by atoms with Crippen LogP contribution in [0, 0.1) is 13.8 Å². The van der Waals surface area contributed by atoms with Crippen LogP contribution < -0.4 is 4.74 Å². The molecule has 0 bridgehead atoms. The van der Waals surface area contributed by atoms with Gasteiger partial charge in [-0.3, -0.25) is 9.20 Å². The van der Waals surface area contributed by atoms with Crippen molar-refractivity contribution in [2.45, 2.75) is 13.8 Å². The lowest BCUT2D eigenvalue weighted by Crippen LogP contribution is -1.99. The molecule has 2 aromatic heterocycles. The first-order chi connectivity index (χ1) is 10.5. The molecule has 4 rings (SSSR count). The first-order valence-corrected chi connectivity index (χ1v) is 7.57. The van der Waals surface area contributed by atoms with Gasteiger partial charge in [-0.25, -0.2) is 4.98 Å². The minimum Gasteiger partial charge on any atom is -0.508 e. The summed E-state index contributed by atoms with van der Waals surface area (Å²) in [6.45, 7) is 3.92. The van der Waals surface area contributed by atoms with Crippen molar-refractivity contribution in [3.63, 3.8) is 0 Å². The number of imidazole rings is 1. The van der Waals surface area contributed by atoms with Gasteiger partial charge in [0.1, 0.15) is 11.5 Å². The van der Waals surface area contributed by atoms with E-state index >= 15 is 0 Å². The molecule has 0 radical (unpaired) electrons. The van der Waals surface area contributed by atoms with Gasteiger partial charge in [0.15, 0.2) is 10.7 Å². The molecule has 0 fully saturated rings. The molecule has 3 aromatic rings. The third-order valence-electron chi connectivity index (χ3n) is 3.58. The summed E-state index contributed by atoms with van der Waals surface area (Å²) >= 11 is 1.60. The molecule has 5 nitrogen and oxygen atoms in total. The fraction of sp³-hybridized carbons (Fsp3) is 0.125. The first kappa shape index (κ1) is 13.1. The van der Waals surface area contributed by atoms with E-state index in [9.17, 15) is 9.90 Å². The summed E-state index contributed by atoms with van der Waals surface area (Å²) in [5.41, 5.74) is 2.14. The number of fused-ring (bicyclic) bond motifs is 2. The Kier molecular flexibility index (Phi) is 2.65. The standard InChI is InChI=1S/C16H12N2O3S/c1-8-7-18-12(9(2)17-16(18)22-8)6-14-15(20)11-4-3-10(19)5-13(11)21-14/h3-7,19H,1-2H3/b14-6-. The number of phenols is 1. The molecular formula is C16H12N2O3S. The normalized spacial score (nSPS) is 15.5. The Labute approximate surface area is 130 Å². The maximum Gasteiger partial charge on any atom is 0.232 e. The topological polar surface area (TPSA) is 63.8 Å². The zero-order valence-corrected chi connectivity index (χ0v) is 12.8. The van der Waals surface area contributed by atoms with E-state index in [2.05, 4.69) is 4.98 Å². The molecule has 0 aliphatic carbocycles. The second-order valence-corrected chi connectivity index (χ2v) is 6.41. The molecule has 0 unspecified atom stereocenters. The number of benzene rings is 1. The minimum atomic E-state index is -0.184. The Balaban J connectivity index is 1.83. The molecular weight excluding hydrogens is 300 g/mol. The average molecular weight is 312 g/mol. The van der Waals surface area contributed by atoms with Crippen LogP contribution in [0.5, 0.6) is 11.5 Å². The highest BCUT2D eigenvalue weighted by atomic mass is 32.1. The number of hydrogen-bond donors (Lipinski definition) is 1. The smallest absolute Gasteiger partial charge is 0.232 e. The van der Waals surface area contributed by atoms with Gasteiger partial charge >= 0.3 is 0 Å². The third-order valence-corrected chi connectivity index (χ3v) is 4.48. The van der Waals surface area contributed by atoms with Crippen LogP contribution in [0.15, 0.2) is 30.2 Å². The molecule has 0 saturated carbocycles. The Bertz CT molecular complexity index is 965. The predicted molar refractivity (Wildman–Crippen MR) is 83.6 cm³/mol. The first-order valence-electron chi connectivity index (χ1n) is 6.75. The van der Waals surface area contributed by atoms with Crippen LogP contribution in [-0.4, -0.2) is 20.3 Å². The highest BCUT2D eigenvalue weighted by Gasteiger charge is 2.28. The van der Waals surface area contributed by atoms with E-state index in [0.29, 0.717) is 11.3 Å². The number of hydrogen-bond acceptors (Lipinski definition) is 5. The number of ketones is 1. The van der Waals surface area contributed by atoms with Gasteiger partial charge in [0.05, 0.1) is 17.0 Å². The van der Waals surface area contributed by atoms with Crippen LogP contribution in [0.4, 0.5) is 0 Å². The summed E-state index contributed by atoms with van der Waals surface area (Å²) in [6, 6.07) is 4.50. The third kappa shape index (κ3) is 1.84. The van der Waals surface area contributed by atoms with Crippen LogP contribution in [0.1, 0.15) is 26.6 Å². The van der Waals surface area contributed by atoms with Crippen molar-refractivity contribution in [2.24, 2.45) is 0 Å². The zero-order chi connectivity index (χ0) is 15.4. The summed E-state index contributed by atoms with van der Waals surface area (Å²) in [6.07, 6.45) is 3.70. The van der Waals surface area contributed by atoms with Crippen LogP contribution in [0.2, 0.25) is 0 Å². The lowest BCUT2D eigenvalue weighted by atomic mass is 10.1. The van der Waals surface area contributed by atoms with E-state index in [1.807, 2.05) is 24.4 Å². The van der Waals surface area contributed by atoms with Gasteiger partial charge in [0, 0.05) is 23.2 Å². The number of carbonyl (C=O) groups excluding carboxylic acids is 1. The van der Waals surface area contributed by atoms with Gasteiger partial charge in [0.25, 0.3) is 0 Å². The average Bonchev–Trinajstić information content (AvgIpc) is 3.04. The molecule has 6 heteroatoms. The highest BCUT2D eigenvalue weighted by Crippen LogP contribution is 2.35. The van der Waals surface area contributed by atoms with Crippen molar-refractivity contribution in [1.29, 1.82) is 0 Å². The number of aromatic hydroxyl groups is 1. The fourth-order valence-electron chi connectivity index (χ4n) is 2.55. The summed E-state index contributed by atoms with van der Waals surface area (Å²) in [7, 11) is 0. The Morgan fingerprint density at radius 1 is 1.36 bits per heavy atom. The lowest BCUT2D eigenvalue weighted by molar-refractivity contribution is 0.101. The van der Waals surface area contributed by atoms with Gasteiger partial charge in [-0.1, -0.05) is 0 Å². The number of aryl methyl sites for hydroxylation is 2. The molecule has 0 saturated heterocycles. The number of rotatable bonds is 1. The van der Waals surface area contributed by atoms with E-state index in [0.717, 1.165) is 21.2 Å². The second-order valence-electron chi connectivity index (χ2n) is 5.20. The van der Waals surface area contributed by atoms with E-state index in [1.54, 1.807) is 23.5 Å². The van der Waals surface area contributed by atoms with E-state index in [-0.39, 0.29) is 17.3 Å². The lowest BCUT2D eigenvalue weighted by Gasteiger charge is -1.99. The number of allylic oxidation sites excluding steroid dienone is 1. The summed E-state index contributed by atoms with van der Waals surface area (Å²) in [4.78, 5) is 18.9. The zero-order valence-electron chi connectivity index (χ0n) is 12.0. The largest absolute Gasteiger partial charge is 0.508 e. The van der Waals surface area contributed by atoms with Crippen molar-refractivity contribution in [3.8, 4) is 11.5 Å². The quantitative estimate of drug-likeness (QED) is 0.700. The molecule has 1 aliphatic rings. The highest BCUT2D eigenvalue weighted by molar-refractivity contribution is 7.17. The molecule has 1 N–H and O–H groups in total. The van der Waals surface area contributed by atoms with Gasteiger partial charge in [-0.15, -0.1) is 11.3 Å². The predicted octanol–water partition coefficient (Wildman–Crippen LogP) is 3.33. The number of ether oxygens (including phenoxy) is 1. The van der Waals surface area contributed by atoms with E-state index in [1.165, 1.54) is 12.1 Å². The Morgan fingerprint density at radius 3 is 3.00 bits per heavy atom. The van der Waals surface area contributed by atoms with Crippen LogP contribution in [-0.2, 0) is 0 Å². The molecule has 1 aliphatic heterocycles. The number of nitrogens with zero attached hydrogens (tertiary/aromatic N) is 2. The van der Waals surface area contributed by atoms with Crippen molar-refractivity contribution in [1.82, 2.24) is 9.38 Å². The minimum absolute atomic E-state index is 0.0733. The fourth-order valence-corrected chi connectivity index (χ4v) is 3.43. The second kappa shape index (κ2) is 4.45. The van der Waals surface area contributed by atoms with Crippen LogP contribution in [0.3, 0.4) is 0 Å². The maximum absolute atomic E-state index is 12.4. The van der Waals surface area contributed by atoms with Gasteiger partial charge < -0.3 is 9.84 Å². The van der Waals surface area contributed by atoms with Crippen LogP contribution in [0.25, 0.3) is 11.0 Å².